The maximum absolute atomic E-state index is 10.9. The SMILES string of the molecule is CC1(C)[C@H](C=Nc2ccccc2)[C@@H]1C(=O)O. The van der Waals surface area contributed by atoms with Crippen LogP contribution in [-0.2, 0) is 4.79 Å². The minimum Gasteiger partial charge on any atom is -0.481 e. The van der Waals surface area contributed by atoms with Crippen LogP contribution in [0, 0.1) is 17.3 Å². The molecule has 2 atom stereocenters. The molecule has 0 radical (unpaired) electrons. The summed E-state index contributed by atoms with van der Waals surface area (Å²) in [5, 5.41) is 8.99. The van der Waals surface area contributed by atoms with Gasteiger partial charge in [-0.15, -0.1) is 0 Å². The summed E-state index contributed by atoms with van der Waals surface area (Å²) in [7, 11) is 0. The van der Waals surface area contributed by atoms with Crippen molar-refractivity contribution in [2.45, 2.75) is 13.8 Å². The Morgan fingerprint density at radius 3 is 2.50 bits per heavy atom. The molecule has 2 rings (SSSR count). The molecule has 16 heavy (non-hydrogen) atoms. The van der Waals surface area contributed by atoms with E-state index in [-0.39, 0.29) is 17.3 Å². The van der Waals surface area contributed by atoms with Gasteiger partial charge in [0.1, 0.15) is 0 Å². The van der Waals surface area contributed by atoms with E-state index in [1.807, 2.05) is 44.2 Å². The van der Waals surface area contributed by atoms with Gasteiger partial charge in [0.15, 0.2) is 0 Å². The number of hydrogen-bond acceptors (Lipinski definition) is 2. The van der Waals surface area contributed by atoms with E-state index >= 15 is 0 Å². The molecule has 84 valence electrons. The Hall–Kier alpha value is -1.64. The van der Waals surface area contributed by atoms with Crippen molar-refractivity contribution in [3.05, 3.63) is 30.3 Å². The third-order valence-electron chi connectivity index (χ3n) is 3.32. The summed E-state index contributed by atoms with van der Waals surface area (Å²) in [4.78, 5) is 15.2. The quantitative estimate of drug-likeness (QED) is 0.791. The van der Waals surface area contributed by atoms with Gasteiger partial charge in [-0.25, -0.2) is 0 Å². The van der Waals surface area contributed by atoms with Crippen LogP contribution < -0.4 is 0 Å². The van der Waals surface area contributed by atoms with E-state index in [1.54, 1.807) is 6.21 Å². The van der Waals surface area contributed by atoms with Gasteiger partial charge < -0.3 is 5.11 Å². The van der Waals surface area contributed by atoms with Crippen LogP contribution in [0.25, 0.3) is 0 Å². The molecule has 3 heteroatoms. The molecule has 1 N–H and O–H groups in total. The fraction of sp³-hybridized carbons (Fsp3) is 0.385. The van der Waals surface area contributed by atoms with Crippen LogP contribution in [0.3, 0.4) is 0 Å². The topological polar surface area (TPSA) is 49.7 Å². The summed E-state index contributed by atoms with van der Waals surface area (Å²) in [6.45, 7) is 3.93. The Balaban J connectivity index is 2.08. The number of aliphatic carboxylic acids is 1. The second-order valence-corrected chi connectivity index (χ2v) is 4.78. The number of aliphatic imine (C=N–C) groups is 1. The number of hydrogen-bond donors (Lipinski definition) is 1. The van der Waals surface area contributed by atoms with Crippen LogP contribution in [0.1, 0.15) is 13.8 Å². The first kappa shape index (κ1) is 10.9. The Morgan fingerprint density at radius 2 is 2.00 bits per heavy atom. The molecule has 0 bridgehead atoms. The second kappa shape index (κ2) is 3.74. The molecule has 0 spiro atoms. The number of carboxylic acids is 1. The largest absolute Gasteiger partial charge is 0.481 e. The van der Waals surface area contributed by atoms with Crippen LogP contribution in [0.5, 0.6) is 0 Å². The second-order valence-electron chi connectivity index (χ2n) is 4.78. The molecule has 1 aliphatic carbocycles. The standard InChI is InChI=1S/C13H15NO2/c1-13(2)10(11(13)12(15)16)8-14-9-6-4-3-5-7-9/h3-8,10-11H,1-2H3,(H,15,16)/t10-,11-/m1/s1. The van der Waals surface area contributed by atoms with E-state index in [4.69, 9.17) is 5.11 Å². The van der Waals surface area contributed by atoms with E-state index < -0.39 is 5.97 Å². The van der Waals surface area contributed by atoms with Crippen LogP contribution >= 0.6 is 0 Å². The fourth-order valence-electron chi connectivity index (χ4n) is 2.11. The molecule has 1 fully saturated rings. The van der Waals surface area contributed by atoms with Crippen LogP contribution in [-0.4, -0.2) is 17.3 Å². The highest BCUT2D eigenvalue weighted by atomic mass is 16.4. The van der Waals surface area contributed by atoms with Crippen molar-refractivity contribution in [3.8, 4) is 0 Å². The lowest BCUT2D eigenvalue weighted by molar-refractivity contribution is -0.139. The zero-order valence-electron chi connectivity index (χ0n) is 9.42. The molecule has 0 heterocycles. The third-order valence-corrected chi connectivity index (χ3v) is 3.32. The Morgan fingerprint density at radius 1 is 1.38 bits per heavy atom. The van der Waals surface area contributed by atoms with Gasteiger partial charge in [-0.3, -0.25) is 9.79 Å². The van der Waals surface area contributed by atoms with Crippen molar-refractivity contribution in [2.24, 2.45) is 22.2 Å². The minimum absolute atomic E-state index is 0.0465. The highest BCUT2D eigenvalue weighted by molar-refractivity contribution is 5.85. The van der Waals surface area contributed by atoms with Crippen molar-refractivity contribution in [1.82, 2.24) is 0 Å². The van der Waals surface area contributed by atoms with E-state index in [0.717, 1.165) is 5.69 Å². The molecule has 0 unspecified atom stereocenters. The maximum atomic E-state index is 10.9. The van der Waals surface area contributed by atoms with Crippen molar-refractivity contribution >= 4 is 17.9 Å². The predicted octanol–water partition coefficient (Wildman–Crippen LogP) is 2.75. The molecule has 1 aromatic rings. The van der Waals surface area contributed by atoms with Gasteiger partial charge in [0, 0.05) is 12.1 Å². The Bertz CT molecular complexity index is 423. The number of carbonyl (C=O) groups is 1. The Labute approximate surface area is 94.8 Å². The number of rotatable bonds is 3. The van der Waals surface area contributed by atoms with Gasteiger partial charge in [-0.1, -0.05) is 32.0 Å². The fourth-order valence-corrected chi connectivity index (χ4v) is 2.11. The summed E-state index contributed by atoms with van der Waals surface area (Å²) in [6.07, 6.45) is 1.77. The predicted molar refractivity (Wildman–Crippen MR) is 63.0 cm³/mol. The van der Waals surface area contributed by atoms with Gasteiger partial charge in [-0.05, 0) is 17.5 Å². The van der Waals surface area contributed by atoms with Crippen molar-refractivity contribution < 1.29 is 9.90 Å². The lowest BCUT2D eigenvalue weighted by Crippen LogP contribution is -2.03. The molecule has 1 aliphatic rings. The summed E-state index contributed by atoms with van der Waals surface area (Å²) in [5.74, 6) is -0.973. The van der Waals surface area contributed by atoms with E-state index in [9.17, 15) is 4.79 Å². The number of nitrogens with zero attached hydrogens (tertiary/aromatic N) is 1. The summed E-state index contributed by atoms with van der Waals surface area (Å²) in [6, 6.07) is 9.57. The van der Waals surface area contributed by atoms with E-state index in [2.05, 4.69) is 4.99 Å². The average molecular weight is 217 g/mol. The lowest BCUT2D eigenvalue weighted by Gasteiger charge is -1.96. The van der Waals surface area contributed by atoms with Gasteiger partial charge in [0.05, 0.1) is 11.6 Å². The molecular weight excluding hydrogens is 202 g/mol. The van der Waals surface area contributed by atoms with Gasteiger partial charge in [-0.2, -0.15) is 0 Å². The number of para-hydroxylation sites is 1. The van der Waals surface area contributed by atoms with Gasteiger partial charge in [0.2, 0.25) is 0 Å². The van der Waals surface area contributed by atoms with Crippen molar-refractivity contribution in [3.63, 3.8) is 0 Å². The normalized spacial score (nSPS) is 26.9. The minimum atomic E-state index is -0.727. The first-order chi connectivity index (χ1) is 7.53. The molecule has 0 aromatic heterocycles. The van der Waals surface area contributed by atoms with Crippen LogP contribution in [0.15, 0.2) is 35.3 Å². The smallest absolute Gasteiger partial charge is 0.307 e. The third kappa shape index (κ3) is 1.85. The molecule has 1 saturated carbocycles. The summed E-state index contributed by atoms with van der Waals surface area (Å²) in [5.41, 5.74) is 0.707. The van der Waals surface area contributed by atoms with Crippen molar-refractivity contribution in [2.75, 3.05) is 0 Å². The summed E-state index contributed by atoms with van der Waals surface area (Å²) < 4.78 is 0. The molecule has 0 aliphatic heterocycles. The number of benzene rings is 1. The average Bonchev–Trinajstić information content (AvgIpc) is 2.79. The van der Waals surface area contributed by atoms with Gasteiger partial charge >= 0.3 is 5.97 Å². The molecule has 0 amide bonds. The highest BCUT2D eigenvalue weighted by Gasteiger charge is 2.61. The van der Waals surface area contributed by atoms with E-state index in [1.165, 1.54) is 0 Å². The molecule has 0 saturated heterocycles. The highest BCUT2D eigenvalue weighted by Crippen LogP contribution is 2.57. The maximum Gasteiger partial charge on any atom is 0.307 e. The summed E-state index contributed by atoms with van der Waals surface area (Å²) >= 11 is 0. The first-order valence-corrected chi connectivity index (χ1v) is 5.35. The lowest BCUT2D eigenvalue weighted by atomic mass is 10.1. The molecular formula is C13H15NO2. The van der Waals surface area contributed by atoms with Crippen molar-refractivity contribution in [1.29, 1.82) is 0 Å². The van der Waals surface area contributed by atoms with Crippen LogP contribution in [0.4, 0.5) is 5.69 Å². The van der Waals surface area contributed by atoms with Crippen LogP contribution in [0.2, 0.25) is 0 Å². The Kier molecular flexibility index (Phi) is 2.54. The monoisotopic (exact) mass is 217 g/mol. The zero-order valence-corrected chi connectivity index (χ0v) is 9.42. The first-order valence-electron chi connectivity index (χ1n) is 5.35. The number of carboxylic acid groups (broad SMARTS) is 1. The molecule has 3 nitrogen and oxygen atoms in total. The zero-order chi connectivity index (χ0) is 11.8. The van der Waals surface area contributed by atoms with E-state index in [0.29, 0.717) is 0 Å². The molecule has 1 aromatic carbocycles. The van der Waals surface area contributed by atoms with Gasteiger partial charge in [0.25, 0.3) is 0 Å².